The van der Waals surface area contributed by atoms with Crippen molar-refractivity contribution in [3.8, 4) is 0 Å². The summed E-state index contributed by atoms with van der Waals surface area (Å²) in [5.41, 5.74) is 7.34. The second-order valence-corrected chi connectivity index (χ2v) is 5.71. The molecule has 1 atom stereocenters. The molecule has 2 aromatic rings. The van der Waals surface area contributed by atoms with Crippen LogP contribution >= 0.6 is 0 Å². The Labute approximate surface area is 146 Å². The van der Waals surface area contributed by atoms with E-state index in [9.17, 15) is 14.4 Å². The molecule has 0 aromatic heterocycles. The van der Waals surface area contributed by atoms with Gasteiger partial charge in [0.25, 0.3) is 5.91 Å². The molecular weight excluding hydrogens is 318 g/mol. The summed E-state index contributed by atoms with van der Waals surface area (Å²) in [5.74, 6) is -1.22. The molecular formula is C19H21N3O3. The number of benzene rings is 2. The van der Waals surface area contributed by atoms with Crippen molar-refractivity contribution in [3.63, 3.8) is 0 Å². The van der Waals surface area contributed by atoms with Gasteiger partial charge in [0.1, 0.15) is 6.04 Å². The Morgan fingerprint density at radius 3 is 2.40 bits per heavy atom. The van der Waals surface area contributed by atoms with Crippen molar-refractivity contribution in [2.24, 2.45) is 5.73 Å². The minimum atomic E-state index is -0.767. The number of carbonyl (C=O) groups is 3. The van der Waals surface area contributed by atoms with E-state index in [1.165, 1.54) is 6.92 Å². The Balaban J connectivity index is 2.02. The Bertz CT molecular complexity index is 760. The molecule has 0 unspecified atom stereocenters. The van der Waals surface area contributed by atoms with Gasteiger partial charge in [-0.3, -0.25) is 14.4 Å². The van der Waals surface area contributed by atoms with Gasteiger partial charge in [-0.25, -0.2) is 0 Å². The van der Waals surface area contributed by atoms with E-state index in [0.717, 1.165) is 5.56 Å². The number of nitrogens with one attached hydrogen (secondary N) is 2. The summed E-state index contributed by atoms with van der Waals surface area (Å²) in [4.78, 5) is 35.1. The van der Waals surface area contributed by atoms with Gasteiger partial charge in [-0.05, 0) is 36.6 Å². The molecule has 0 radical (unpaired) electrons. The quantitative estimate of drug-likeness (QED) is 0.717. The minimum Gasteiger partial charge on any atom is -0.368 e. The van der Waals surface area contributed by atoms with E-state index in [4.69, 9.17) is 5.73 Å². The van der Waals surface area contributed by atoms with Crippen LogP contribution in [-0.2, 0) is 16.0 Å². The highest BCUT2D eigenvalue weighted by molar-refractivity contribution is 5.99. The van der Waals surface area contributed by atoms with Crippen molar-refractivity contribution in [1.29, 1.82) is 0 Å². The summed E-state index contributed by atoms with van der Waals surface area (Å²) in [7, 11) is 0. The van der Waals surface area contributed by atoms with Crippen LogP contribution in [0.1, 0.15) is 29.3 Å². The zero-order chi connectivity index (χ0) is 18.2. The van der Waals surface area contributed by atoms with Crippen molar-refractivity contribution >= 4 is 23.4 Å². The third kappa shape index (κ3) is 5.76. The van der Waals surface area contributed by atoms with Gasteiger partial charge in [-0.1, -0.05) is 36.4 Å². The maximum atomic E-state index is 12.4. The van der Waals surface area contributed by atoms with E-state index >= 15 is 0 Å². The monoisotopic (exact) mass is 339 g/mol. The highest BCUT2D eigenvalue weighted by Crippen LogP contribution is 2.11. The first kappa shape index (κ1) is 18.2. The maximum Gasteiger partial charge on any atom is 0.252 e. The van der Waals surface area contributed by atoms with E-state index in [2.05, 4.69) is 10.6 Å². The lowest BCUT2D eigenvalue weighted by Gasteiger charge is -2.16. The van der Waals surface area contributed by atoms with Gasteiger partial charge in [0.2, 0.25) is 11.8 Å². The highest BCUT2D eigenvalue weighted by Gasteiger charge is 2.19. The Morgan fingerprint density at radius 1 is 1.04 bits per heavy atom. The molecule has 0 saturated heterocycles. The van der Waals surface area contributed by atoms with Crippen LogP contribution in [0.5, 0.6) is 0 Å². The first-order valence-corrected chi connectivity index (χ1v) is 7.97. The summed E-state index contributed by atoms with van der Waals surface area (Å²) < 4.78 is 0. The predicted molar refractivity (Wildman–Crippen MR) is 96.0 cm³/mol. The number of amides is 3. The molecule has 0 fully saturated rings. The summed E-state index contributed by atoms with van der Waals surface area (Å²) >= 11 is 0. The summed E-state index contributed by atoms with van der Waals surface area (Å²) in [6, 6.07) is 15.4. The molecule has 4 N–H and O–H groups in total. The lowest BCUT2D eigenvalue weighted by molar-refractivity contribution is -0.120. The van der Waals surface area contributed by atoms with Crippen LogP contribution in [0.2, 0.25) is 0 Å². The van der Waals surface area contributed by atoms with E-state index in [0.29, 0.717) is 24.1 Å². The van der Waals surface area contributed by atoms with Crippen molar-refractivity contribution < 1.29 is 14.4 Å². The third-order valence-corrected chi connectivity index (χ3v) is 3.66. The lowest BCUT2D eigenvalue weighted by Crippen LogP contribution is -2.44. The molecule has 130 valence electrons. The van der Waals surface area contributed by atoms with Crippen LogP contribution in [0.15, 0.2) is 54.6 Å². The standard InChI is InChI=1S/C19H21N3O3/c1-13(23)21-16-9-5-8-15(12-16)19(25)22-17(18(20)24)11-10-14-6-3-2-4-7-14/h2-9,12,17H,10-11H2,1H3,(H2,20,24)(H,21,23)(H,22,25)/t17-/m0/s1. The van der Waals surface area contributed by atoms with Gasteiger partial charge in [0.05, 0.1) is 0 Å². The Hall–Kier alpha value is -3.15. The second-order valence-electron chi connectivity index (χ2n) is 5.71. The average Bonchev–Trinajstić information content (AvgIpc) is 2.58. The largest absolute Gasteiger partial charge is 0.368 e. The van der Waals surface area contributed by atoms with Crippen molar-refractivity contribution in [1.82, 2.24) is 5.32 Å². The van der Waals surface area contributed by atoms with Crippen LogP contribution in [0, 0.1) is 0 Å². The first-order chi connectivity index (χ1) is 12.0. The second kappa shape index (κ2) is 8.63. The number of hydrogen-bond donors (Lipinski definition) is 3. The number of primary amides is 1. The molecule has 6 nitrogen and oxygen atoms in total. The third-order valence-electron chi connectivity index (χ3n) is 3.66. The van der Waals surface area contributed by atoms with E-state index in [1.807, 2.05) is 30.3 Å². The SMILES string of the molecule is CC(=O)Nc1cccc(C(=O)N[C@@H](CCc2ccccc2)C(N)=O)c1. The number of hydrogen-bond acceptors (Lipinski definition) is 3. The fraction of sp³-hybridized carbons (Fsp3) is 0.211. The summed E-state index contributed by atoms with van der Waals surface area (Å²) in [6.07, 6.45) is 1.04. The van der Waals surface area contributed by atoms with E-state index in [1.54, 1.807) is 24.3 Å². The molecule has 0 heterocycles. The summed E-state index contributed by atoms with van der Waals surface area (Å²) in [6.45, 7) is 1.39. The minimum absolute atomic E-state index is 0.226. The van der Waals surface area contributed by atoms with Crippen LogP contribution in [0.25, 0.3) is 0 Å². The van der Waals surface area contributed by atoms with E-state index in [-0.39, 0.29) is 5.91 Å². The molecule has 6 heteroatoms. The zero-order valence-corrected chi connectivity index (χ0v) is 14.0. The molecule has 0 aliphatic carbocycles. The molecule has 0 spiro atoms. The van der Waals surface area contributed by atoms with Gasteiger partial charge >= 0.3 is 0 Å². The fourth-order valence-corrected chi connectivity index (χ4v) is 2.42. The molecule has 25 heavy (non-hydrogen) atoms. The molecule has 3 amide bonds. The molecule has 2 rings (SSSR count). The summed E-state index contributed by atoms with van der Waals surface area (Å²) in [5, 5.41) is 5.27. The molecule has 0 aliphatic heterocycles. The number of nitrogens with two attached hydrogens (primary N) is 1. The molecule has 0 aliphatic rings. The smallest absolute Gasteiger partial charge is 0.252 e. The Morgan fingerprint density at radius 2 is 1.76 bits per heavy atom. The van der Waals surface area contributed by atoms with Gasteiger partial charge in [-0.15, -0.1) is 0 Å². The van der Waals surface area contributed by atoms with Crippen molar-refractivity contribution in [2.45, 2.75) is 25.8 Å². The van der Waals surface area contributed by atoms with Crippen LogP contribution in [0.3, 0.4) is 0 Å². The fourth-order valence-electron chi connectivity index (χ4n) is 2.42. The molecule has 2 aromatic carbocycles. The first-order valence-electron chi connectivity index (χ1n) is 7.97. The highest BCUT2D eigenvalue weighted by atomic mass is 16.2. The number of rotatable bonds is 7. The topological polar surface area (TPSA) is 101 Å². The van der Waals surface area contributed by atoms with Gasteiger partial charge < -0.3 is 16.4 Å². The van der Waals surface area contributed by atoms with Gasteiger partial charge in [0, 0.05) is 18.2 Å². The number of aryl methyl sites for hydroxylation is 1. The predicted octanol–water partition coefficient (Wildman–Crippen LogP) is 1.86. The van der Waals surface area contributed by atoms with Gasteiger partial charge in [-0.2, -0.15) is 0 Å². The molecule has 0 bridgehead atoms. The van der Waals surface area contributed by atoms with Gasteiger partial charge in [0.15, 0.2) is 0 Å². The Kier molecular flexibility index (Phi) is 6.28. The van der Waals surface area contributed by atoms with E-state index < -0.39 is 17.9 Å². The normalized spacial score (nSPS) is 11.4. The molecule has 0 saturated carbocycles. The maximum absolute atomic E-state index is 12.4. The van der Waals surface area contributed by atoms with Crippen LogP contribution < -0.4 is 16.4 Å². The number of anilines is 1. The van der Waals surface area contributed by atoms with Crippen molar-refractivity contribution in [2.75, 3.05) is 5.32 Å². The lowest BCUT2D eigenvalue weighted by atomic mass is 10.0. The van der Waals surface area contributed by atoms with Crippen LogP contribution in [-0.4, -0.2) is 23.8 Å². The number of carbonyl (C=O) groups excluding carboxylic acids is 3. The average molecular weight is 339 g/mol. The van der Waals surface area contributed by atoms with Crippen LogP contribution in [0.4, 0.5) is 5.69 Å². The zero-order valence-electron chi connectivity index (χ0n) is 14.0. The van der Waals surface area contributed by atoms with Crippen molar-refractivity contribution in [3.05, 3.63) is 65.7 Å².